The van der Waals surface area contributed by atoms with Gasteiger partial charge in [-0.2, -0.15) is 5.10 Å². The third kappa shape index (κ3) is 7.34. The molecular weight excluding hydrogens is 420 g/mol. The average molecular weight is 453 g/mol. The predicted molar refractivity (Wildman–Crippen MR) is 127 cm³/mol. The molecule has 3 rings (SSSR count). The molecule has 1 aliphatic carbocycles. The van der Waals surface area contributed by atoms with Crippen LogP contribution >= 0.6 is 0 Å². The van der Waals surface area contributed by atoms with E-state index in [9.17, 15) is 9.59 Å². The van der Waals surface area contributed by atoms with Gasteiger partial charge in [0, 0.05) is 5.92 Å². The van der Waals surface area contributed by atoms with Crippen molar-refractivity contribution >= 4 is 18.1 Å². The molecule has 1 saturated carbocycles. The van der Waals surface area contributed by atoms with Crippen LogP contribution in [-0.4, -0.2) is 31.8 Å². The van der Waals surface area contributed by atoms with Gasteiger partial charge in [-0.3, -0.25) is 4.79 Å². The highest BCUT2D eigenvalue weighted by Gasteiger charge is 2.20. The number of hydrazone groups is 1. The van der Waals surface area contributed by atoms with Crippen LogP contribution in [0.15, 0.2) is 47.6 Å². The van der Waals surface area contributed by atoms with Crippen molar-refractivity contribution in [3.05, 3.63) is 53.6 Å². The molecule has 1 aliphatic rings. The summed E-state index contributed by atoms with van der Waals surface area (Å²) >= 11 is 0. The Labute approximate surface area is 195 Å². The highest BCUT2D eigenvalue weighted by molar-refractivity contribution is 5.92. The summed E-state index contributed by atoms with van der Waals surface area (Å²) in [6.45, 7) is 2.75. The molecule has 0 aromatic heterocycles. The van der Waals surface area contributed by atoms with Gasteiger partial charge in [-0.15, -0.1) is 0 Å². The summed E-state index contributed by atoms with van der Waals surface area (Å²) in [6.07, 6.45) is 8.82. The SMILES string of the molecule is CCCCOc1ccc(C(=O)Oc2ccc(/C=N\NC(=O)C3CCCCC3)cc2OC)cc1. The van der Waals surface area contributed by atoms with Gasteiger partial charge in [0.15, 0.2) is 11.5 Å². The summed E-state index contributed by atoms with van der Waals surface area (Å²) in [5, 5.41) is 4.07. The zero-order valence-electron chi connectivity index (χ0n) is 19.3. The molecule has 7 heteroatoms. The minimum Gasteiger partial charge on any atom is -0.494 e. The second-order valence-corrected chi connectivity index (χ2v) is 8.10. The fourth-order valence-electron chi connectivity index (χ4n) is 3.66. The maximum absolute atomic E-state index is 12.5. The fraction of sp³-hybridized carbons (Fsp3) is 0.423. The normalized spacial score (nSPS) is 14.1. The lowest BCUT2D eigenvalue weighted by atomic mass is 9.89. The lowest BCUT2D eigenvalue weighted by molar-refractivity contribution is -0.125. The summed E-state index contributed by atoms with van der Waals surface area (Å²) in [7, 11) is 1.50. The summed E-state index contributed by atoms with van der Waals surface area (Å²) < 4.78 is 16.5. The summed E-state index contributed by atoms with van der Waals surface area (Å²) in [5.74, 6) is 0.931. The number of nitrogens with zero attached hydrogens (tertiary/aromatic N) is 1. The summed E-state index contributed by atoms with van der Waals surface area (Å²) in [6, 6.07) is 11.9. The number of ether oxygens (including phenoxy) is 3. The van der Waals surface area contributed by atoms with Crippen LogP contribution in [0.3, 0.4) is 0 Å². The van der Waals surface area contributed by atoms with Gasteiger partial charge in [-0.25, -0.2) is 10.2 Å². The molecule has 0 saturated heterocycles. The van der Waals surface area contributed by atoms with Crippen LogP contribution in [0.4, 0.5) is 0 Å². The van der Waals surface area contributed by atoms with E-state index < -0.39 is 5.97 Å². The first kappa shape index (κ1) is 24.3. The summed E-state index contributed by atoms with van der Waals surface area (Å²) in [5.41, 5.74) is 3.75. The molecule has 0 heterocycles. The van der Waals surface area contributed by atoms with E-state index in [1.54, 1.807) is 48.7 Å². The molecule has 1 N–H and O–H groups in total. The Kier molecular flexibility index (Phi) is 9.30. The molecule has 2 aromatic rings. The van der Waals surface area contributed by atoms with Gasteiger partial charge in [-0.1, -0.05) is 32.6 Å². The van der Waals surface area contributed by atoms with Gasteiger partial charge in [-0.05, 0) is 67.3 Å². The molecule has 33 heavy (non-hydrogen) atoms. The van der Waals surface area contributed by atoms with Crippen molar-refractivity contribution in [1.29, 1.82) is 0 Å². The third-order valence-electron chi connectivity index (χ3n) is 5.61. The number of methoxy groups -OCH3 is 1. The number of carbonyl (C=O) groups excluding carboxylic acids is 2. The number of amides is 1. The van der Waals surface area contributed by atoms with E-state index >= 15 is 0 Å². The minimum absolute atomic E-state index is 0.0368. The van der Waals surface area contributed by atoms with Crippen LogP contribution < -0.4 is 19.6 Å². The molecule has 0 unspecified atom stereocenters. The number of esters is 1. The van der Waals surface area contributed by atoms with Crippen molar-refractivity contribution in [2.75, 3.05) is 13.7 Å². The van der Waals surface area contributed by atoms with E-state index in [1.807, 2.05) is 0 Å². The van der Waals surface area contributed by atoms with Crippen LogP contribution in [0.5, 0.6) is 17.2 Å². The van der Waals surface area contributed by atoms with Crippen molar-refractivity contribution in [3.63, 3.8) is 0 Å². The maximum Gasteiger partial charge on any atom is 0.343 e. The van der Waals surface area contributed by atoms with Gasteiger partial charge in [0.1, 0.15) is 5.75 Å². The number of unbranched alkanes of at least 4 members (excludes halogenated alkanes) is 1. The number of hydrogen-bond acceptors (Lipinski definition) is 6. The van der Waals surface area contributed by atoms with E-state index in [1.165, 1.54) is 13.5 Å². The molecule has 1 fully saturated rings. The summed E-state index contributed by atoms with van der Waals surface area (Å²) in [4.78, 5) is 24.7. The highest BCUT2D eigenvalue weighted by atomic mass is 16.6. The Bertz CT molecular complexity index is 950. The van der Waals surface area contributed by atoms with Crippen LogP contribution in [0.2, 0.25) is 0 Å². The monoisotopic (exact) mass is 452 g/mol. The molecule has 1 amide bonds. The molecule has 0 atom stereocenters. The Morgan fingerprint density at radius 2 is 1.82 bits per heavy atom. The highest BCUT2D eigenvalue weighted by Crippen LogP contribution is 2.29. The number of benzene rings is 2. The van der Waals surface area contributed by atoms with Crippen LogP contribution in [0.25, 0.3) is 0 Å². The smallest absolute Gasteiger partial charge is 0.343 e. The van der Waals surface area contributed by atoms with Crippen molar-refractivity contribution in [2.24, 2.45) is 11.0 Å². The minimum atomic E-state index is -0.491. The molecule has 176 valence electrons. The second kappa shape index (κ2) is 12.6. The van der Waals surface area contributed by atoms with Gasteiger partial charge < -0.3 is 14.2 Å². The first-order valence-corrected chi connectivity index (χ1v) is 11.6. The van der Waals surface area contributed by atoms with Gasteiger partial charge >= 0.3 is 5.97 Å². The molecular formula is C26H32N2O5. The van der Waals surface area contributed by atoms with Crippen LogP contribution in [0.1, 0.15) is 67.8 Å². The number of hydrogen-bond donors (Lipinski definition) is 1. The molecule has 0 radical (unpaired) electrons. The Balaban J connectivity index is 1.57. The average Bonchev–Trinajstić information content (AvgIpc) is 2.85. The van der Waals surface area contributed by atoms with E-state index in [4.69, 9.17) is 14.2 Å². The lowest BCUT2D eigenvalue weighted by Gasteiger charge is -2.19. The quantitative estimate of drug-likeness (QED) is 0.178. The zero-order chi connectivity index (χ0) is 23.5. The number of rotatable bonds is 10. The first-order chi connectivity index (χ1) is 16.1. The van der Waals surface area contributed by atoms with E-state index in [0.717, 1.165) is 44.3 Å². The van der Waals surface area contributed by atoms with Gasteiger partial charge in [0.2, 0.25) is 5.91 Å². The Morgan fingerprint density at radius 3 is 2.52 bits per heavy atom. The molecule has 0 spiro atoms. The second-order valence-electron chi connectivity index (χ2n) is 8.10. The van der Waals surface area contributed by atoms with Crippen molar-refractivity contribution in [2.45, 2.75) is 51.9 Å². The van der Waals surface area contributed by atoms with E-state index in [-0.39, 0.29) is 11.8 Å². The van der Waals surface area contributed by atoms with Crippen molar-refractivity contribution < 1.29 is 23.8 Å². The zero-order valence-corrected chi connectivity index (χ0v) is 19.3. The fourth-order valence-corrected chi connectivity index (χ4v) is 3.66. The largest absolute Gasteiger partial charge is 0.494 e. The molecule has 0 bridgehead atoms. The van der Waals surface area contributed by atoms with Gasteiger partial charge in [0.25, 0.3) is 0 Å². The maximum atomic E-state index is 12.5. The van der Waals surface area contributed by atoms with E-state index in [0.29, 0.717) is 29.2 Å². The number of carbonyl (C=O) groups is 2. The van der Waals surface area contributed by atoms with Crippen molar-refractivity contribution in [1.82, 2.24) is 5.43 Å². The number of nitrogens with one attached hydrogen (secondary N) is 1. The topological polar surface area (TPSA) is 86.2 Å². The molecule has 2 aromatic carbocycles. The Hall–Kier alpha value is -3.35. The lowest BCUT2D eigenvalue weighted by Crippen LogP contribution is -2.28. The Morgan fingerprint density at radius 1 is 1.06 bits per heavy atom. The predicted octanol–water partition coefficient (Wildman–Crippen LogP) is 5.12. The van der Waals surface area contributed by atoms with Crippen LogP contribution in [-0.2, 0) is 4.79 Å². The van der Waals surface area contributed by atoms with Crippen molar-refractivity contribution in [3.8, 4) is 17.2 Å². The van der Waals surface area contributed by atoms with Crippen LogP contribution in [0, 0.1) is 5.92 Å². The van der Waals surface area contributed by atoms with Gasteiger partial charge in [0.05, 0.1) is 25.5 Å². The standard InChI is InChI=1S/C26H32N2O5/c1-3-4-16-32-22-13-11-21(12-14-22)26(30)33-23-15-10-19(17-24(23)31-2)18-27-28-25(29)20-8-6-5-7-9-20/h10-15,17-18,20H,3-9,16H2,1-2H3,(H,28,29)/b27-18-. The molecule has 0 aliphatic heterocycles. The molecule has 7 nitrogen and oxygen atoms in total. The first-order valence-electron chi connectivity index (χ1n) is 11.6. The van der Waals surface area contributed by atoms with E-state index in [2.05, 4.69) is 17.5 Å². The third-order valence-corrected chi connectivity index (χ3v) is 5.61.